The van der Waals surface area contributed by atoms with Crippen LogP contribution >= 0.6 is 11.3 Å². The quantitative estimate of drug-likeness (QED) is 0.713. The molecule has 0 aliphatic carbocycles. The maximum absolute atomic E-state index is 12.4. The van der Waals surface area contributed by atoms with Gasteiger partial charge in [-0.1, -0.05) is 19.1 Å². The Balaban J connectivity index is 1.80. The highest BCUT2D eigenvalue weighted by Crippen LogP contribution is 2.23. The Bertz CT molecular complexity index is 844. The van der Waals surface area contributed by atoms with Crippen LogP contribution in [-0.4, -0.2) is 48.1 Å². The Hall–Kier alpha value is -2.45. The van der Waals surface area contributed by atoms with Crippen LogP contribution in [0.15, 0.2) is 35.5 Å². The lowest BCUT2D eigenvalue weighted by Crippen LogP contribution is -2.51. The Kier molecular flexibility index (Phi) is 6.08. The number of para-hydroxylation sites is 1. The molecule has 2 aromatic rings. The van der Waals surface area contributed by atoms with Crippen molar-refractivity contribution in [3.05, 3.63) is 40.5 Å². The summed E-state index contributed by atoms with van der Waals surface area (Å²) in [7, 11) is 1.94. The molecule has 1 aromatic carbocycles. The summed E-state index contributed by atoms with van der Waals surface area (Å²) >= 11 is 1.65. The summed E-state index contributed by atoms with van der Waals surface area (Å²) in [5.41, 5.74) is 2.07. The van der Waals surface area contributed by atoms with Gasteiger partial charge in [0, 0.05) is 12.2 Å². The second-order valence-electron chi connectivity index (χ2n) is 6.42. The first-order chi connectivity index (χ1) is 13.0. The minimum Gasteiger partial charge on any atom is -0.463 e. The summed E-state index contributed by atoms with van der Waals surface area (Å²) in [6, 6.07) is 7.38. The van der Waals surface area contributed by atoms with Gasteiger partial charge in [0.25, 0.3) is 0 Å². The minimum absolute atomic E-state index is 0.293. The lowest BCUT2D eigenvalue weighted by molar-refractivity contribution is -0.139. The fourth-order valence-corrected chi connectivity index (χ4v) is 4.18. The third kappa shape index (κ3) is 4.45. The van der Waals surface area contributed by atoms with Crippen molar-refractivity contribution in [1.82, 2.24) is 20.5 Å². The molecule has 144 valence electrons. The number of thiazole rings is 1. The molecule has 1 aromatic heterocycles. The summed E-state index contributed by atoms with van der Waals surface area (Å²) in [6.45, 7) is 5.04. The molecule has 7 nitrogen and oxygen atoms in total. The van der Waals surface area contributed by atoms with E-state index in [1.165, 1.54) is 0 Å². The van der Waals surface area contributed by atoms with Gasteiger partial charge >= 0.3 is 12.0 Å². The van der Waals surface area contributed by atoms with Crippen LogP contribution in [0.25, 0.3) is 10.2 Å². The summed E-state index contributed by atoms with van der Waals surface area (Å²) < 4.78 is 6.35. The predicted octanol–water partition coefficient (Wildman–Crippen LogP) is 2.64. The normalized spacial score (nSPS) is 17.2. The van der Waals surface area contributed by atoms with Gasteiger partial charge in [-0.2, -0.15) is 0 Å². The number of urea groups is 1. The first-order valence-corrected chi connectivity index (χ1v) is 9.84. The largest absolute Gasteiger partial charge is 0.463 e. The first-order valence-electron chi connectivity index (χ1n) is 9.02. The van der Waals surface area contributed by atoms with Crippen molar-refractivity contribution < 1.29 is 14.3 Å². The zero-order valence-electron chi connectivity index (χ0n) is 15.7. The number of carbonyl (C=O) groups excluding carboxylic acids is 2. The summed E-state index contributed by atoms with van der Waals surface area (Å²) in [4.78, 5) is 31.1. The molecule has 0 bridgehead atoms. The highest BCUT2D eigenvalue weighted by atomic mass is 32.1. The topological polar surface area (TPSA) is 83.6 Å². The van der Waals surface area contributed by atoms with Crippen molar-refractivity contribution in [2.75, 3.05) is 20.2 Å². The van der Waals surface area contributed by atoms with E-state index >= 15 is 0 Å². The molecule has 0 spiro atoms. The van der Waals surface area contributed by atoms with Crippen LogP contribution in [0.4, 0.5) is 4.79 Å². The molecule has 27 heavy (non-hydrogen) atoms. The molecule has 0 unspecified atom stereocenters. The van der Waals surface area contributed by atoms with E-state index in [0.29, 0.717) is 37.4 Å². The molecule has 1 aliphatic rings. The number of carbonyl (C=O) groups is 2. The molecule has 1 atom stereocenters. The average molecular weight is 388 g/mol. The molecular formula is C19H24N4O3S. The summed E-state index contributed by atoms with van der Waals surface area (Å²) in [5.74, 6) is -0.389. The molecule has 3 rings (SSSR count). The van der Waals surface area contributed by atoms with Crippen molar-refractivity contribution in [2.45, 2.75) is 32.9 Å². The molecule has 2 N–H and O–H groups in total. The van der Waals surface area contributed by atoms with E-state index in [2.05, 4.69) is 21.7 Å². The van der Waals surface area contributed by atoms with E-state index in [-0.39, 0.29) is 18.0 Å². The van der Waals surface area contributed by atoms with Gasteiger partial charge in [0.15, 0.2) is 0 Å². The maximum Gasteiger partial charge on any atom is 0.337 e. The smallest absolute Gasteiger partial charge is 0.337 e. The van der Waals surface area contributed by atoms with E-state index in [4.69, 9.17) is 4.74 Å². The van der Waals surface area contributed by atoms with E-state index in [1.807, 2.05) is 37.1 Å². The Morgan fingerprint density at radius 3 is 2.78 bits per heavy atom. The van der Waals surface area contributed by atoms with E-state index in [0.717, 1.165) is 15.2 Å². The minimum atomic E-state index is -0.389. The van der Waals surface area contributed by atoms with Gasteiger partial charge in [-0.25, -0.2) is 14.6 Å². The lowest BCUT2D eigenvalue weighted by atomic mass is 10.00. The van der Waals surface area contributed by atoms with Gasteiger partial charge in [-0.15, -0.1) is 11.3 Å². The third-order valence-corrected chi connectivity index (χ3v) is 5.34. The number of aromatic nitrogens is 1. The summed E-state index contributed by atoms with van der Waals surface area (Å²) in [6.07, 6.45) is 0.618. The molecule has 2 amide bonds. The molecular weight excluding hydrogens is 364 g/mol. The SMILES string of the molecule is CCOC(=O)C1=C(CN(C)Cc2nc3ccccc3s2)NC(=O)N[C@@H]1CC. The highest BCUT2D eigenvalue weighted by molar-refractivity contribution is 7.18. The predicted molar refractivity (Wildman–Crippen MR) is 105 cm³/mol. The molecule has 0 saturated heterocycles. The number of likely N-dealkylation sites (N-methyl/N-ethyl adjacent to an activating group) is 1. The standard InChI is InChI=1S/C19H24N4O3S/c1-4-12-17(18(24)26-5-2)14(22-19(25)21-12)10-23(3)11-16-20-13-8-6-7-9-15(13)27-16/h6-9,12H,4-5,10-11H2,1-3H3,(H2,21,22,25)/t12-/m1/s1. The van der Waals surface area contributed by atoms with Gasteiger partial charge in [0.05, 0.1) is 35.0 Å². The van der Waals surface area contributed by atoms with Crippen LogP contribution < -0.4 is 10.6 Å². The van der Waals surface area contributed by atoms with Crippen LogP contribution in [-0.2, 0) is 16.1 Å². The molecule has 0 saturated carbocycles. The number of hydrogen-bond donors (Lipinski definition) is 2. The fourth-order valence-electron chi connectivity index (χ4n) is 3.13. The second-order valence-corrected chi connectivity index (χ2v) is 7.53. The number of amides is 2. The van der Waals surface area contributed by atoms with E-state index < -0.39 is 0 Å². The monoisotopic (exact) mass is 388 g/mol. The average Bonchev–Trinajstić information content (AvgIpc) is 3.03. The highest BCUT2D eigenvalue weighted by Gasteiger charge is 2.31. The number of benzene rings is 1. The number of nitrogens with zero attached hydrogens (tertiary/aromatic N) is 2. The van der Waals surface area contributed by atoms with Crippen LogP contribution in [0, 0.1) is 0 Å². The van der Waals surface area contributed by atoms with Gasteiger partial charge in [-0.3, -0.25) is 4.90 Å². The van der Waals surface area contributed by atoms with E-state index in [1.54, 1.807) is 18.3 Å². The number of nitrogens with one attached hydrogen (secondary N) is 2. The molecule has 0 radical (unpaired) electrons. The number of rotatable bonds is 7. The van der Waals surface area contributed by atoms with Crippen molar-refractivity contribution >= 4 is 33.6 Å². The van der Waals surface area contributed by atoms with E-state index in [9.17, 15) is 9.59 Å². The molecule has 2 heterocycles. The maximum atomic E-state index is 12.4. The lowest BCUT2D eigenvalue weighted by Gasteiger charge is -2.30. The van der Waals surface area contributed by atoms with Gasteiger partial charge in [-0.05, 0) is 32.5 Å². The van der Waals surface area contributed by atoms with Gasteiger partial charge in [0.1, 0.15) is 5.01 Å². The zero-order chi connectivity index (χ0) is 19.4. The Labute approximate surface area is 162 Å². The number of hydrogen-bond acceptors (Lipinski definition) is 6. The zero-order valence-corrected chi connectivity index (χ0v) is 16.6. The first kappa shape index (κ1) is 19.3. The molecule has 0 fully saturated rings. The van der Waals surface area contributed by atoms with Crippen molar-refractivity contribution in [2.24, 2.45) is 0 Å². The number of esters is 1. The van der Waals surface area contributed by atoms with Crippen molar-refractivity contribution in [1.29, 1.82) is 0 Å². The second kappa shape index (κ2) is 8.49. The number of fused-ring (bicyclic) bond motifs is 1. The molecule has 8 heteroatoms. The number of ether oxygens (including phenoxy) is 1. The Morgan fingerprint density at radius 1 is 1.30 bits per heavy atom. The van der Waals surface area contributed by atoms with Gasteiger partial charge in [0.2, 0.25) is 0 Å². The van der Waals surface area contributed by atoms with Crippen LogP contribution in [0.2, 0.25) is 0 Å². The fraction of sp³-hybridized carbons (Fsp3) is 0.421. The van der Waals surface area contributed by atoms with Gasteiger partial charge < -0.3 is 15.4 Å². The Morgan fingerprint density at radius 2 is 2.07 bits per heavy atom. The molecule has 1 aliphatic heterocycles. The van der Waals surface area contributed by atoms with Crippen molar-refractivity contribution in [3.63, 3.8) is 0 Å². The third-order valence-electron chi connectivity index (χ3n) is 4.32. The van der Waals surface area contributed by atoms with Crippen LogP contribution in [0.3, 0.4) is 0 Å². The van der Waals surface area contributed by atoms with Crippen LogP contribution in [0.5, 0.6) is 0 Å². The van der Waals surface area contributed by atoms with Crippen LogP contribution in [0.1, 0.15) is 25.3 Å². The van der Waals surface area contributed by atoms with Crippen molar-refractivity contribution in [3.8, 4) is 0 Å². The summed E-state index contributed by atoms with van der Waals surface area (Å²) in [5, 5.41) is 6.56.